The molecule has 1 aromatic carbocycles. The van der Waals surface area contributed by atoms with Crippen molar-refractivity contribution in [2.24, 2.45) is 0 Å². The van der Waals surface area contributed by atoms with Crippen LogP contribution in [0.5, 0.6) is 0 Å². The average molecular weight is 250 g/mol. The standard InChI is InChI=1S/C11H8BrNO/c12-9-3-4-11-10(6-9)8(7-14-11)2-1-5-13/h3-4,6-7H,1-2H2. The largest absolute Gasteiger partial charge is 0.464 e. The molecule has 0 saturated carbocycles. The van der Waals surface area contributed by atoms with Crippen LogP contribution in [0.1, 0.15) is 12.0 Å². The van der Waals surface area contributed by atoms with Crippen LogP contribution in [-0.2, 0) is 6.42 Å². The number of furan rings is 1. The predicted molar refractivity (Wildman–Crippen MR) is 57.8 cm³/mol. The molecule has 14 heavy (non-hydrogen) atoms. The Labute approximate surface area is 90.3 Å². The number of aryl methyl sites for hydroxylation is 1. The van der Waals surface area contributed by atoms with Crippen LogP contribution in [0.2, 0.25) is 0 Å². The van der Waals surface area contributed by atoms with Gasteiger partial charge in [-0.15, -0.1) is 0 Å². The van der Waals surface area contributed by atoms with Crippen LogP contribution < -0.4 is 0 Å². The molecule has 0 amide bonds. The molecule has 1 heterocycles. The molecule has 0 aliphatic carbocycles. The van der Waals surface area contributed by atoms with Crippen LogP contribution in [0.25, 0.3) is 11.0 Å². The summed E-state index contributed by atoms with van der Waals surface area (Å²) in [6.45, 7) is 0. The fourth-order valence-corrected chi connectivity index (χ4v) is 1.80. The van der Waals surface area contributed by atoms with Crippen LogP contribution in [0, 0.1) is 11.3 Å². The molecule has 0 aliphatic heterocycles. The Morgan fingerprint density at radius 2 is 2.29 bits per heavy atom. The van der Waals surface area contributed by atoms with Crippen molar-refractivity contribution < 1.29 is 4.42 Å². The fourth-order valence-electron chi connectivity index (χ4n) is 1.44. The molecular weight excluding hydrogens is 242 g/mol. The average Bonchev–Trinajstić information content (AvgIpc) is 2.57. The molecule has 2 rings (SSSR count). The summed E-state index contributed by atoms with van der Waals surface area (Å²) in [7, 11) is 0. The molecule has 0 unspecified atom stereocenters. The van der Waals surface area contributed by atoms with E-state index in [-0.39, 0.29) is 0 Å². The molecule has 1 aromatic heterocycles. The van der Waals surface area contributed by atoms with E-state index in [0.29, 0.717) is 6.42 Å². The van der Waals surface area contributed by atoms with Gasteiger partial charge in [-0.1, -0.05) is 15.9 Å². The van der Waals surface area contributed by atoms with E-state index < -0.39 is 0 Å². The van der Waals surface area contributed by atoms with Crippen molar-refractivity contribution >= 4 is 26.9 Å². The lowest BCUT2D eigenvalue weighted by Crippen LogP contribution is -1.80. The molecule has 0 radical (unpaired) electrons. The van der Waals surface area contributed by atoms with Gasteiger partial charge in [0.05, 0.1) is 12.3 Å². The van der Waals surface area contributed by atoms with Crippen molar-refractivity contribution in [3.8, 4) is 6.07 Å². The molecule has 0 N–H and O–H groups in total. The molecule has 0 fully saturated rings. The van der Waals surface area contributed by atoms with E-state index in [1.807, 2.05) is 18.2 Å². The fraction of sp³-hybridized carbons (Fsp3) is 0.182. The van der Waals surface area contributed by atoms with Gasteiger partial charge in [0.2, 0.25) is 0 Å². The third-order valence-corrected chi connectivity index (χ3v) is 2.62. The van der Waals surface area contributed by atoms with Gasteiger partial charge in [-0.25, -0.2) is 0 Å². The summed E-state index contributed by atoms with van der Waals surface area (Å²) >= 11 is 3.41. The first-order valence-electron chi connectivity index (χ1n) is 4.34. The molecule has 0 aliphatic rings. The van der Waals surface area contributed by atoms with Crippen molar-refractivity contribution in [1.29, 1.82) is 5.26 Å². The number of fused-ring (bicyclic) bond motifs is 1. The number of benzene rings is 1. The highest BCUT2D eigenvalue weighted by atomic mass is 79.9. The third-order valence-electron chi connectivity index (χ3n) is 2.12. The van der Waals surface area contributed by atoms with Gasteiger partial charge in [0.25, 0.3) is 0 Å². The zero-order valence-corrected chi connectivity index (χ0v) is 9.04. The van der Waals surface area contributed by atoms with Gasteiger partial charge in [-0.2, -0.15) is 5.26 Å². The third kappa shape index (κ3) is 1.66. The number of hydrogen-bond donors (Lipinski definition) is 0. The maximum Gasteiger partial charge on any atom is 0.134 e. The zero-order chi connectivity index (χ0) is 9.97. The van der Waals surface area contributed by atoms with Crippen molar-refractivity contribution in [1.82, 2.24) is 0 Å². The van der Waals surface area contributed by atoms with Gasteiger partial charge in [-0.3, -0.25) is 0 Å². The molecule has 0 bridgehead atoms. The smallest absolute Gasteiger partial charge is 0.134 e. The summed E-state index contributed by atoms with van der Waals surface area (Å²) < 4.78 is 6.40. The van der Waals surface area contributed by atoms with Gasteiger partial charge < -0.3 is 4.42 Å². The van der Waals surface area contributed by atoms with Crippen LogP contribution in [0.15, 0.2) is 33.4 Å². The minimum atomic E-state index is 0.529. The number of nitriles is 1. The number of nitrogens with zero attached hydrogens (tertiary/aromatic N) is 1. The van der Waals surface area contributed by atoms with Crippen LogP contribution >= 0.6 is 15.9 Å². The second kappa shape index (κ2) is 3.85. The van der Waals surface area contributed by atoms with Crippen molar-refractivity contribution in [2.75, 3.05) is 0 Å². The zero-order valence-electron chi connectivity index (χ0n) is 7.46. The SMILES string of the molecule is N#CCCc1coc2ccc(Br)cc12. The maximum atomic E-state index is 8.50. The Bertz CT molecular complexity index is 495. The number of halogens is 1. The molecule has 0 atom stereocenters. The Morgan fingerprint density at radius 1 is 1.43 bits per heavy atom. The molecule has 70 valence electrons. The Kier molecular flexibility index (Phi) is 2.55. The Morgan fingerprint density at radius 3 is 3.07 bits per heavy atom. The minimum absolute atomic E-state index is 0.529. The molecular formula is C11H8BrNO. The molecule has 3 heteroatoms. The second-order valence-electron chi connectivity index (χ2n) is 3.06. The highest BCUT2D eigenvalue weighted by molar-refractivity contribution is 9.10. The monoisotopic (exact) mass is 249 g/mol. The summed E-state index contributed by atoms with van der Waals surface area (Å²) in [5.74, 6) is 0. The topological polar surface area (TPSA) is 36.9 Å². The maximum absolute atomic E-state index is 8.50. The summed E-state index contributed by atoms with van der Waals surface area (Å²) in [5.41, 5.74) is 1.98. The first-order chi connectivity index (χ1) is 6.81. The van der Waals surface area contributed by atoms with Crippen molar-refractivity contribution in [3.05, 3.63) is 34.5 Å². The van der Waals surface area contributed by atoms with Crippen molar-refractivity contribution in [2.45, 2.75) is 12.8 Å². The molecule has 0 spiro atoms. The predicted octanol–water partition coefficient (Wildman–Crippen LogP) is 3.65. The first kappa shape index (κ1) is 9.29. The van der Waals surface area contributed by atoms with E-state index in [1.54, 1.807) is 6.26 Å². The Balaban J connectivity index is 2.46. The van der Waals surface area contributed by atoms with Gasteiger partial charge in [0.15, 0.2) is 0 Å². The van der Waals surface area contributed by atoms with Gasteiger partial charge in [-0.05, 0) is 30.2 Å². The van der Waals surface area contributed by atoms with Gasteiger partial charge in [0, 0.05) is 16.3 Å². The first-order valence-corrected chi connectivity index (χ1v) is 5.13. The van der Waals surface area contributed by atoms with Crippen LogP contribution in [-0.4, -0.2) is 0 Å². The molecule has 0 saturated heterocycles. The lowest BCUT2D eigenvalue weighted by Gasteiger charge is -1.93. The number of rotatable bonds is 2. The highest BCUT2D eigenvalue weighted by Crippen LogP contribution is 2.25. The minimum Gasteiger partial charge on any atom is -0.464 e. The molecule has 2 nitrogen and oxygen atoms in total. The quantitative estimate of drug-likeness (QED) is 0.815. The highest BCUT2D eigenvalue weighted by Gasteiger charge is 2.05. The lowest BCUT2D eigenvalue weighted by molar-refractivity contribution is 0.610. The van der Waals surface area contributed by atoms with E-state index in [9.17, 15) is 0 Å². The van der Waals surface area contributed by atoms with E-state index in [1.165, 1.54) is 0 Å². The van der Waals surface area contributed by atoms with Crippen molar-refractivity contribution in [3.63, 3.8) is 0 Å². The summed E-state index contributed by atoms with van der Waals surface area (Å²) in [6.07, 6.45) is 3.01. The van der Waals surface area contributed by atoms with Gasteiger partial charge in [0.1, 0.15) is 5.58 Å². The van der Waals surface area contributed by atoms with E-state index in [2.05, 4.69) is 22.0 Å². The van der Waals surface area contributed by atoms with E-state index in [4.69, 9.17) is 9.68 Å². The van der Waals surface area contributed by atoms with Crippen LogP contribution in [0.4, 0.5) is 0 Å². The van der Waals surface area contributed by atoms with E-state index >= 15 is 0 Å². The van der Waals surface area contributed by atoms with Gasteiger partial charge >= 0.3 is 0 Å². The second-order valence-corrected chi connectivity index (χ2v) is 3.98. The number of hydrogen-bond acceptors (Lipinski definition) is 2. The lowest BCUT2D eigenvalue weighted by atomic mass is 10.1. The molecule has 2 aromatic rings. The summed E-state index contributed by atoms with van der Waals surface area (Å²) in [6, 6.07) is 8.02. The summed E-state index contributed by atoms with van der Waals surface area (Å²) in [5, 5.41) is 9.59. The Hall–Kier alpha value is -1.27. The van der Waals surface area contributed by atoms with Crippen LogP contribution in [0.3, 0.4) is 0 Å². The normalized spacial score (nSPS) is 10.3. The summed E-state index contributed by atoms with van der Waals surface area (Å²) in [4.78, 5) is 0. The van der Waals surface area contributed by atoms with E-state index in [0.717, 1.165) is 27.4 Å².